The van der Waals surface area contributed by atoms with Crippen molar-refractivity contribution in [2.75, 3.05) is 24.6 Å². The van der Waals surface area contributed by atoms with Crippen LogP contribution in [0.15, 0.2) is 36.0 Å². The monoisotopic (exact) mass is 356 g/mol. The Morgan fingerprint density at radius 1 is 1.48 bits per heavy atom. The van der Waals surface area contributed by atoms with Crippen LogP contribution in [0.1, 0.15) is 19.8 Å². The molecular formula is C18H20N4O2S. The van der Waals surface area contributed by atoms with E-state index in [1.54, 1.807) is 17.5 Å². The zero-order valence-corrected chi connectivity index (χ0v) is 14.9. The van der Waals surface area contributed by atoms with Crippen LogP contribution in [0.2, 0.25) is 0 Å². The van der Waals surface area contributed by atoms with E-state index in [1.165, 1.54) is 0 Å². The third-order valence-corrected chi connectivity index (χ3v) is 5.38. The molecule has 1 fully saturated rings. The van der Waals surface area contributed by atoms with Gasteiger partial charge in [0, 0.05) is 25.5 Å². The van der Waals surface area contributed by atoms with E-state index in [4.69, 9.17) is 4.74 Å². The number of carbonyl (C=O) groups excluding carboxylic acids is 1. The second kappa shape index (κ2) is 6.84. The van der Waals surface area contributed by atoms with Gasteiger partial charge in [-0.15, -0.1) is 11.3 Å². The van der Waals surface area contributed by atoms with Crippen LogP contribution in [0.4, 0.5) is 5.82 Å². The van der Waals surface area contributed by atoms with Crippen LogP contribution >= 0.6 is 11.3 Å². The lowest BCUT2D eigenvalue weighted by atomic mass is 9.98. The summed E-state index contributed by atoms with van der Waals surface area (Å²) in [7, 11) is 0. The minimum atomic E-state index is -0.105. The maximum Gasteiger partial charge on any atom is 0.310 e. The van der Waals surface area contributed by atoms with Crippen molar-refractivity contribution < 1.29 is 9.53 Å². The topological polar surface area (TPSA) is 59.7 Å². The van der Waals surface area contributed by atoms with Crippen molar-refractivity contribution in [2.24, 2.45) is 5.92 Å². The van der Waals surface area contributed by atoms with Gasteiger partial charge in [0.05, 0.1) is 17.4 Å². The fraction of sp³-hybridized carbons (Fsp3) is 0.389. The van der Waals surface area contributed by atoms with Gasteiger partial charge in [0.25, 0.3) is 0 Å². The summed E-state index contributed by atoms with van der Waals surface area (Å²) in [5.41, 5.74) is 1.92. The average molecular weight is 356 g/mol. The summed E-state index contributed by atoms with van der Waals surface area (Å²) in [4.78, 5) is 20.0. The number of nitrogens with zero attached hydrogens (tertiary/aromatic N) is 4. The Morgan fingerprint density at radius 2 is 2.40 bits per heavy atom. The SMILES string of the molecule is CCOC(=O)[C@@H]1CCCN(c2nccn3nc(-c4cccs4)cc23)C1. The zero-order chi connectivity index (χ0) is 17.2. The van der Waals surface area contributed by atoms with E-state index in [0.717, 1.165) is 41.3 Å². The number of rotatable bonds is 4. The van der Waals surface area contributed by atoms with Crippen molar-refractivity contribution in [1.29, 1.82) is 0 Å². The van der Waals surface area contributed by atoms with Crippen LogP contribution in [0.5, 0.6) is 0 Å². The number of anilines is 1. The first-order valence-corrected chi connectivity index (χ1v) is 9.44. The van der Waals surface area contributed by atoms with Crippen molar-refractivity contribution in [1.82, 2.24) is 14.6 Å². The number of piperidine rings is 1. The summed E-state index contributed by atoms with van der Waals surface area (Å²) in [5.74, 6) is 0.689. The van der Waals surface area contributed by atoms with Crippen LogP contribution in [-0.2, 0) is 9.53 Å². The van der Waals surface area contributed by atoms with Crippen molar-refractivity contribution in [3.63, 3.8) is 0 Å². The van der Waals surface area contributed by atoms with Crippen LogP contribution in [0, 0.1) is 5.92 Å². The fourth-order valence-electron chi connectivity index (χ4n) is 3.32. The number of carbonyl (C=O) groups is 1. The molecule has 130 valence electrons. The van der Waals surface area contributed by atoms with E-state index < -0.39 is 0 Å². The molecule has 0 spiro atoms. The van der Waals surface area contributed by atoms with Crippen molar-refractivity contribution in [2.45, 2.75) is 19.8 Å². The summed E-state index contributed by atoms with van der Waals surface area (Å²) in [6, 6.07) is 6.16. The number of hydrogen-bond donors (Lipinski definition) is 0. The molecule has 6 nitrogen and oxygen atoms in total. The Hall–Kier alpha value is -2.41. The Labute approximate surface area is 150 Å². The number of esters is 1. The minimum absolute atomic E-state index is 0.0876. The molecule has 0 aliphatic carbocycles. The van der Waals surface area contributed by atoms with Gasteiger partial charge in [-0.1, -0.05) is 6.07 Å². The molecule has 0 amide bonds. The zero-order valence-electron chi connectivity index (χ0n) is 14.1. The third kappa shape index (κ3) is 3.11. The molecule has 0 unspecified atom stereocenters. The molecule has 4 rings (SSSR count). The number of ether oxygens (including phenoxy) is 1. The molecule has 1 aliphatic rings. The van der Waals surface area contributed by atoms with Crippen LogP contribution in [-0.4, -0.2) is 40.3 Å². The van der Waals surface area contributed by atoms with Gasteiger partial charge in [0.1, 0.15) is 11.2 Å². The molecule has 0 saturated carbocycles. The molecular weight excluding hydrogens is 336 g/mol. The van der Waals surface area contributed by atoms with Crippen LogP contribution < -0.4 is 4.90 Å². The van der Waals surface area contributed by atoms with Gasteiger partial charge in [-0.2, -0.15) is 5.10 Å². The highest BCUT2D eigenvalue weighted by molar-refractivity contribution is 7.13. The number of fused-ring (bicyclic) bond motifs is 1. The maximum atomic E-state index is 12.1. The van der Waals surface area contributed by atoms with Crippen molar-refractivity contribution >= 4 is 28.6 Å². The lowest BCUT2D eigenvalue weighted by molar-refractivity contribution is -0.148. The van der Waals surface area contributed by atoms with Crippen LogP contribution in [0.3, 0.4) is 0 Å². The van der Waals surface area contributed by atoms with Gasteiger partial charge in [-0.25, -0.2) is 9.50 Å². The Morgan fingerprint density at radius 3 is 3.20 bits per heavy atom. The molecule has 25 heavy (non-hydrogen) atoms. The highest BCUT2D eigenvalue weighted by atomic mass is 32.1. The molecule has 1 atom stereocenters. The van der Waals surface area contributed by atoms with Gasteiger partial charge in [0.2, 0.25) is 0 Å². The molecule has 0 radical (unpaired) electrons. The number of hydrogen-bond acceptors (Lipinski definition) is 6. The second-order valence-corrected chi connectivity index (χ2v) is 7.07. The molecule has 0 aromatic carbocycles. The van der Waals surface area contributed by atoms with Gasteiger partial charge in [-0.3, -0.25) is 4.79 Å². The highest BCUT2D eigenvalue weighted by Crippen LogP contribution is 2.30. The predicted octanol–water partition coefficient (Wildman–Crippen LogP) is 3.24. The molecule has 3 aromatic heterocycles. The Bertz CT molecular complexity index is 874. The first kappa shape index (κ1) is 16.1. The lowest BCUT2D eigenvalue weighted by Gasteiger charge is -2.32. The summed E-state index contributed by atoms with van der Waals surface area (Å²) in [5, 5.41) is 6.71. The number of aromatic nitrogens is 3. The molecule has 4 heterocycles. The molecule has 0 N–H and O–H groups in total. The minimum Gasteiger partial charge on any atom is -0.466 e. The van der Waals surface area contributed by atoms with Gasteiger partial charge in [-0.05, 0) is 37.3 Å². The first-order valence-electron chi connectivity index (χ1n) is 8.56. The van der Waals surface area contributed by atoms with Gasteiger partial charge in [0.15, 0.2) is 5.82 Å². The van der Waals surface area contributed by atoms with Crippen molar-refractivity contribution in [3.8, 4) is 10.6 Å². The molecule has 3 aromatic rings. The third-order valence-electron chi connectivity index (χ3n) is 4.48. The van der Waals surface area contributed by atoms with Crippen molar-refractivity contribution in [3.05, 3.63) is 36.0 Å². The normalized spacial score (nSPS) is 17.8. The van der Waals surface area contributed by atoms with E-state index in [2.05, 4.69) is 27.1 Å². The highest BCUT2D eigenvalue weighted by Gasteiger charge is 2.28. The van der Waals surface area contributed by atoms with Crippen LogP contribution in [0.25, 0.3) is 16.1 Å². The first-order chi connectivity index (χ1) is 12.3. The Balaban J connectivity index is 1.65. The van der Waals surface area contributed by atoms with Gasteiger partial charge < -0.3 is 9.64 Å². The van der Waals surface area contributed by atoms with E-state index in [0.29, 0.717) is 13.2 Å². The molecule has 1 saturated heterocycles. The molecule has 0 bridgehead atoms. The summed E-state index contributed by atoms with van der Waals surface area (Å²) >= 11 is 1.67. The predicted molar refractivity (Wildman–Crippen MR) is 97.9 cm³/mol. The lowest BCUT2D eigenvalue weighted by Crippen LogP contribution is -2.40. The largest absolute Gasteiger partial charge is 0.466 e. The van der Waals surface area contributed by atoms with E-state index >= 15 is 0 Å². The summed E-state index contributed by atoms with van der Waals surface area (Å²) in [6.07, 6.45) is 5.46. The second-order valence-electron chi connectivity index (χ2n) is 6.12. The molecule has 1 aliphatic heterocycles. The smallest absolute Gasteiger partial charge is 0.310 e. The Kier molecular flexibility index (Phi) is 4.40. The van der Waals surface area contributed by atoms with E-state index in [-0.39, 0.29) is 11.9 Å². The fourth-order valence-corrected chi connectivity index (χ4v) is 4.00. The van der Waals surface area contributed by atoms with Gasteiger partial charge >= 0.3 is 5.97 Å². The summed E-state index contributed by atoms with van der Waals surface area (Å²) in [6.45, 7) is 3.81. The molecule has 7 heteroatoms. The summed E-state index contributed by atoms with van der Waals surface area (Å²) < 4.78 is 7.07. The maximum absolute atomic E-state index is 12.1. The average Bonchev–Trinajstić information content (AvgIpc) is 3.31. The number of thiophene rings is 1. The van der Waals surface area contributed by atoms with E-state index in [9.17, 15) is 4.79 Å². The quantitative estimate of drug-likeness (QED) is 0.672. The standard InChI is InChI=1S/C18H20N4O2S/c1-2-24-18(23)13-5-3-8-21(12-13)17-15-11-14(16-6-4-10-25-16)20-22(15)9-7-19-17/h4,6-7,9-11,13H,2-3,5,8,12H2,1H3/t13-/m1/s1. The van der Waals surface area contributed by atoms with E-state index in [1.807, 2.05) is 29.1 Å².